The molecule has 5 heteroatoms. The molecule has 0 aromatic heterocycles. The number of nitrogens with one attached hydrogen (secondary N) is 1. The molecule has 1 aromatic rings. The van der Waals surface area contributed by atoms with Gasteiger partial charge in [0.2, 0.25) is 0 Å². The summed E-state index contributed by atoms with van der Waals surface area (Å²) in [5.41, 5.74) is 0.127. The third kappa shape index (κ3) is 2.74. The number of benzene rings is 1. The highest BCUT2D eigenvalue weighted by Gasteiger charge is 2.37. The van der Waals surface area contributed by atoms with Crippen LogP contribution in [0.4, 0.5) is 0 Å². The van der Waals surface area contributed by atoms with Crippen LogP contribution in [-0.2, 0) is 0 Å². The van der Waals surface area contributed by atoms with Gasteiger partial charge in [0.1, 0.15) is 0 Å². The first-order valence-electron chi connectivity index (χ1n) is 5.45. The lowest BCUT2D eigenvalue weighted by Gasteiger charge is -2.40. The topological polar surface area (TPSA) is 49.3 Å². The van der Waals surface area contributed by atoms with Crippen LogP contribution in [0, 0.1) is 3.57 Å². The molecule has 1 amide bonds. The highest BCUT2D eigenvalue weighted by molar-refractivity contribution is 14.1. The van der Waals surface area contributed by atoms with Gasteiger partial charge < -0.3 is 10.4 Å². The Bertz CT molecular complexity index is 441. The number of amides is 1. The summed E-state index contributed by atoms with van der Waals surface area (Å²) in [6.07, 6.45) is 2.73. The molecule has 0 spiro atoms. The van der Waals surface area contributed by atoms with Crippen LogP contribution in [0.5, 0.6) is 0 Å². The van der Waals surface area contributed by atoms with Crippen molar-refractivity contribution < 1.29 is 9.90 Å². The maximum atomic E-state index is 12.0. The van der Waals surface area contributed by atoms with Crippen molar-refractivity contribution >= 4 is 40.1 Å². The van der Waals surface area contributed by atoms with Gasteiger partial charge in [0.05, 0.1) is 17.2 Å². The minimum Gasteiger partial charge on any atom is -0.394 e. The van der Waals surface area contributed by atoms with Crippen LogP contribution in [0.3, 0.4) is 0 Å². The smallest absolute Gasteiger partial charge is 0.251 e. The Morgan fingerprint density at radius 1 is 1.53 bits per heavy atom. The van der Waals surface area contributed by atoms with E-state index in [2.05, 4.69) is 27.9 Å². The molecular formula is C12H13ClINO2. The summed E-state index contributed by atoms with van der Waals surface area (Å²) in [5, 5.41) is 12.8. The van der Waals surface area contributed by atoms with Crippen LogP contribution >= 0.6 is 34.2 Å². The van der Waals surface area contributed by atoms with Gasteiger partial charge in [-0.05, 0) is 60.1 Å². The van der Waals surface area contributed by atoms with Gasteiger partial charge in [0, 0.05) is 9.13 Å². The van der Waals surface area contributed by atoms with E-state index in [9.17, 15) is 9.90 Å². The SMILES string of the molecule is O=C(NC1(CO)CCC1)c1ccc(I)c(Cl)c1. The molecule has 0 unspecified atom stereocenters. The van der Waals surface area contributed by atoms with Crippen molar-refractivity contribution in [2.24, 2.45) is 0 Å². The van der Waals surface area contributed by atoms with E-state index in [1.54, 1.807) is 12.1 Å². The summed E-state index contributed by atoms with van der Waals surface area (Å²) in [4.78, 5) is 12.0. The van der Waals surface area contributed by atoms with E-state index in [1.807, 2.05) is 6.07 Å². The van der Waals surface area contributed by atoms with Gasteiger partial charge in [-0.25, -0.2) is 0 Å². The average molecular weight is 366 g/mol. The fraction of sp³-hybridized carbons (Fsp3) is 0.417. The molecule has 0 radical (unpaired) electrons. The molecule has 1 aliphatic carbocycles. The van der Waals surface area contributed by atoms with Gasteiger partial charge in [-0.1, -0.05) is 11.6 Å². The minimum atomic E-state index is -0.410. The lowest BCUT2D eigenvalue weighted by Crippen LogP contribution is -2.56. The molecule has 0 saturated heterocycles. The fourth-order valence-corrected chi connectivity index (χ4v) is 2.39. The number of carbonyl (C=O) groups is 1. The van der Waals surface area contributed by atoms with E-state index in [1.165, 1.54) is 0 Å². The van der Waals surface area contributed by atoms with E-state index in [0.29, 0.717) is 10.6 Å². The number of aliphatic hydroxyl groups is 1. The van der Waals surface area contributed by atoms with Gasteiger partial charge in [-0.15, -0.1) is 0 Å². The zero-order chi connectivity index (χ0) is 12.5. The molecule has 0 atom stereocenters. The Morgan fingerprint density at radius 2 is 2.24 bits per heavy atom. The van der Waals surface area contributed by atoms with E-state index in [0.717, 1.165) is 22.8 Å². The average Bonchev–Trinajstić information content (AvgIpc) is 2.27. The Morgan fingerprint density at radius 3 is 2.71 bits per heavy atom. The van der Waals surface area contributed by atoms with Gasteiger partial charge in [-0.2, -0.15) is 0 Å². The molecular weight excluding hydrogens is 352 g/mol. The third-order valence-corrected chi connectivity index (χ3v) is 4.75. The lowest BCUT2D eigenvalue weighted by molar-refractivity contribution is 0.0641. The first kappa shape index (κ1) is 13.1. The zero-order valence-corrected chi connectivity index (χ0v) is 12.1. The highest BCUT2D eigenvalue weighted by Crippen LogP contribution is 2.31. The lowest BCUT2D eigenvalue weighted by atomic mass is 9.77. The summed E-state index contributed by atoms with van der Waals surface area (Å²) < 4.78 is 0.918. The number of hydrogen-bond donors (Lipinski definition) is 2. The quantitative estimate of drug-likeness (QED) is 0.809. The summed E-state index contributed by atoms with van der Waals surface area (Å²) >= 11 is 8.09. The number of carbonyl (C=O) groups excluding carboxylic acids is 1. The van der Waals surface area contributed by atoms with Crippen LogP contribution in [-0.4, -0.2) is 23.2 Å². The Labute approximate surface area is 119 Å². The molecule has 92 valence electrons. The first-order valence-corrected chi connectivity index (χ1v) is 6.90. The number of hydrogen-bond acceptors (Lipinski definition) is 2. The van der Waals surface area contributed by atoms with Crippen molar-refractivity contribution in [3.8, 4) is 0 Å². The second kappa shape index (κ2) is 5.12. The number of rotatable bonds is 3. The van der Waals surface area contributed by atoms with Crippen LogP contribution < -0.4 is 5.32 Å². The van der Waals surface area contributed by atoms with Crippen LogP contribution in [0.15, 0.2) is 18.2 Å². The van der Waals surface area contributed by atoms with E-state index in [-0.39, 0.29) is 12.5 Å². The minimum absolute atomic E-state index is 0.00313. The van der Waals surface area contributed by atoms with Crippen molar-refractivity contribution in [2.75, 3.05) is 6.61 Å². The van der Waals surface area contributed by atoms with Crippen LogP contribution in [0.2, 0.25) is 5.02 Å². The molecule has 0 heterocycles. The number of halogens is 2. The summed E-state index contributed by atoms with van der Waals surface area (Å²) in [7, 11) is 0. The highest BCUT2D eigenvalue weighted by atomic mass is 127. The Hall–Kier alpha value is -0.330. The molecule has 0 bridgehead atoms. The van der Waals surface area contributed by atoms with Crippen LogP contribution in [0.1, 0.15) is 29.6 Å². The van der Waals surface area contributed by atoms with Gasteiger partial charge in [0.15, 0.2) is 0 Å². The Balaban J connectivity index is 2.11. The fourth-order valence-electron chi connectivity index (χ4n) is 1.88. The number of aliphatic hydroxyl groups excluding tert-OH is 1. The Kier molecular flexibility index (Phi) is 3.95. The molecule has 0 aliphatic heterocycles. The molecule has 2 rings (SSSR count). The molecule has 1 saturated carbocycles. The largest absolute Gasteiger partial charge is 0.394 e. The molecule has 1 aliphatic rings. The molecule has 2 N–H and O–H groups in total. The molecule has 1 fully saturated rings. The van der Waals surface area contributed by atoms with Gasteiger partial charge in [0.25, 0.3) is 5.91 Å². The van der Waals surface area contributed by atoms with Crippen molar-refractivity contribution in [1.82, 2.24) is 5.32 Å². The van der Waals surface area contributed by atoms with E-state index >= 15 is 0 Å². The van der Waals surface area contributed by atoms with E-state index in [4.69, 9.17) is 11.6 Å². The van der Waals surface area contributed by atoms with Crippen molar-refractivity contribution in [3.05, 3.63) is 32.4 Å². The van der Waals surface area contributed by atoms with Gasteiger partial charge >= 0.3 is 0 Å². The summed E-state index contributed by atoms with van der Waals surface area (Å²) in [6, 6.07) is 5.21. The standard InChI is InChI=1S/C12H13ClINO2/c13-9-6-8(2-3-10(9)14)11(17)15-12(7-16)4-1-5-12/h2-3,6,16H,1,4-5,7H2,(H,15,17). The predicted octanol–water partition coefficient (Wildman–Crippen LogP) is 2.59. The second-order valence-corrected chi connectivity index (χ2v) is 5.94. The van der Waals surface area contributed by atoms with Gasteiger partial charge in [-0.3, -0.25) is 4.79 Å². The first-order chi connectivity index (χ1) is 8.06. The predicted molar refractivity (Wildman–Crippen MR) is 75.3 cm³/mol. The normalized spacial score (nSPS) is 17.4. The maximum Gasteiger partial charge on any atom is 0.251 e. The third-order valence-electron chi connectivity index (χ3n) is 3.17. The molecule has 17 heavy (non-hydrogen) atoms. The zero-order valence-electron chi connectivity index (χ0n) is 9.17. The molecule has 3 nitrogen and oxygen atoms in total. The van der Waals surface area contributed by atoms with Crippen molar-refractivity contribution in [2.45, 2.75) is 24.8 Å². The van der Waals surface area contributed by atoms with Crippen molar-refractivity contribution in [1.29, 1.82) is 0 Å². The van der Waals surface area contributed by atoms with Crippen LogP contribution in [0.25, 0.3) is 0 Å². The van der Waals surface area contributed by atoms with Crippen molar-refractivity contribution in [3.63, 3.8) is 0 Å². The summed E-state index contributed by atoms with van der Waals surface area (Å²) in [5.74, 6) is -0.169. The monoisotopic (exact) mass is 365 g/mol. The summed E-state index contributed by atoms with van der Waals surface area (Å²) in [6.45, 7) is -0.00313. The maximum absolute atomic E-state index is 12.0. The second-order valence-electron chi connectivity index (χ2n) is 4.38. The van der Waals surface area contributed by atoms with E-state index < -0.39 is 5.54 Å². The molecule has 1 aromatic carbocycles.